The Kier molecular flexibility index (Phi) is 3.53. The molecule has 3 nitrogen and oxygen atoms in total. The second kappa shape index (κ2) is 5.31. The largest absolute Gasteiger partial charge is 0.316 e. The highest BCUT2D eigenvalue weighted by Gasteiger charge is 2.20. The Labute approximate surface area is 116 Å². The van der Waals surface area contributed by atoms with Crippen molar-refractivity contribution in [2.75, 3.05) is 13.1 Å². The van der Waals surface area contributed by atoms with Gasteiger partial charge in [0.2, 0.25) is 0 Å². The lowest BCUT2D eigenvalue weighted by molar-refractivity contribution is 0.450. The van der Waals surface area contributed by atoms with Gasteiger partial charge in [-0.2, -0.15) is 0 Å². The van der Waals surface area contributed by atoms with Gasteiger partial charge in [0, 0.05) is 29.4 Å². The SMILES string of the molecule is Fc1cc(Cl)ccc1-n1cncc1C1CCCNC1. The maximum absolute atomic E-state index is 14.0. The zero-order valence-corrected chi connectivity index (χ0v) is 11.2. The maximum atomic E-state index is 14.0. The first-order valence-corrected chi connectivity index (χ1v) is 6.82. The molecule has 0 saturated carbocycles. The fourth-order valence-corrected chi connectivity index (χ4v) is 2.75. The highest BCUT2D eigenvalue weighted by atomic mass is 35.5. The number of imidazole rings is 1. The van der Waals surface area contributed by atoms with Crippen molar-refractivity contribution in [1.82, 2.24) is 14.9 Å². The summed E-state index contributed by atoms with van der Waals surface area (Å²) in [5.41, 5.74) is 1.55. The van der Waals surface area contributed by atoms with Crippen molar-refractivity contribution in [3.05, 3.63) is 47.3 Å². The number of hydrogen-bond donors (Lipinski definition) is 1. The van der Waals surface area contributed by atoms with E-state index >= 15 is 0 Å². The molecule has 100 valence electrons. The van der Waals surface area contributed by atoms with E-state index in [1.54, 1.807) is 18.5 Å². The van der Waals surface area contributed by atoms with E-state index in [-0.39, 0.29) is 5.82 Å². The molecule has 1 aliphatic rings. The van der Waals surface area contributed by atoms with Gasteiger partial charge in [0.25, 0.3) is 0 Å². The van der Waals surface area contributed by atoms with Crippen molar-refractivity contribution < 1.29 is 4.39 Å². The first-order chi connectivity index (χ1) is 9.25. The van der Waals surface area contributed by atoms with Crippen LogP contribution in [0.2, 0.25) is 5.02 Å². The third-order valence-electron chi connectivity index (χ3n) is 3.55. The summed E-state index contributed by atoms with van der Waals surface area (Å²) < 4.78 is 15.8. The second-order valence-corrected chi connectivity index (χ2v) is 5.26. The van der Waals surface area contributed by atoms with Crippen LogP contribution in [0.25, 0.3) is 5.69 Å². The normalized spacial score (nSPS) is 19.6. The van der Waals surface area contributed by atoms with Crippen LogP contribution in [-0.4, -0.2) is 22.6 Å². The Morgan fingerprint density at radius 3 is 3.05 bits per heavy atom. The summed E-state index contributed by atoms with van der Waals surface area (Å²) >= 11 is 5.79. The molecule has 1 saturated heterocycles. The first-order valence-electron chi connectivity index (χ1n) is 6.44. The van der Waals surface area contributed by atoms with Crippen LogP contribution < -0.4 is 5.32 Å². The number of benzene rings is 1. The van der Waals surface area contributed by atoms with Gasteiger partial charge in [-0.15, -0.1) is 0 Å². The highest BCUT2D eigenvalue weighted by Crippen LogP contribution is 2.27. The Bertz CT molecular complexity index is 576. The summed E-state index contributed by atoms with van der Waals surface area (Å²) in [5.74, 6) is 0.0573. The quantitative estimate of drug-likeness (QED) is 0.915. The third-order valence-corrected chi connectivity index (χ3v) is 3.79. The lowest BCUT2D eigenvalue weighted by Gasteiger charge is -2.23. The number of nitrogens with zero attached hydrogens (tertiary/aromatic N) is 2. The number of hydrogen-bond acceptors (Lipinski definition) is 2. The summed E-state index contributed by atoms with van der Waals surface area (Å²) in [6, 6.07) is 4.72. The number of nitrogens with one attached hydrogen (secondary N) is 1. The van der Waals surface area contributed by atoms with Crippen LogP contribution in [0.1, 0.15) is 24.5 Å². The molecule has 1 aromatic carbocycles. The summed E-state index contributed by atoms with van der Waals surface area (Å²) in [6.45, 7) is 1.97. The minimum Gasteiger partial charge on any atom is -0.316 e. The van der Waals surface area contributed by atoms with Crippen molar-refractivity contribution >= 4 is 11.6 Å². The molecule has 19 heavy (non-hydrogen) atoms. The van der Waals surface area contributed by atoms with Gasteiger partial charge in [-0.05, 0) is 37.6 Å². The van der Waals surface area contributed by atoms with Gasteiger partial charge in [0.05, 0.1) is 12.0 Å². The van der Waals surface area contributed by atoms with Crippen LogP contribution >= 0.6 is 11.6 Å². The molecular weight excluding hydrogens is 265 g/mol. The van der Waals surface area contributed by atoms with E-state index in [4.69, 9.17) is 11.6 Å². The van der Waals surface area contributed by atoms with Crippen molar-refractivity contribution in [1.29, 1.82) is 0 Å². The third kappa shape index (κ3) is 2.51. The molecule has 1 N–H and O–H groups in total. The standard InChI is InChI=1S/C14H15ClFN3/c15-11-3-4-13(12(16)6-11)19-9-18-8-14(19)10-2-1-5-17-7-10/h3-4,6,8-10,17H,1-2,5,7H2. The average molecular weight is 280 g/mol. The van der Waals surface area contributed by atoms with Crippen LogP contribution in [0.4, 0.5) is 4.39 Å². The Balaban J connectivity index is 1.99. The zero-order chi connectivity index (χ0) is 13.2. The predicted octanol–water partition coefficient (Wildman–Crippen LogP) is 3.13. The molecular formula is C14H15ClFN3. The minimum absolute atomic E-state index is 0.324. The Hall–Kier alpha value is -1.39. The fraction of sp³-hybridized carbons (Fsp3) is 0.357. The molecule has 2 heterocycles. The van der Waals surface area contributed by atoms with Gasteiger partial charge in [-0.3, -0.25) is 0 Å². The minimum atomic E-state index is -0.324. The topological polar surface area (TPSA) is 29.9 Å². The zero-order valence-electron chi connectivity index (χ0n) is 10.4. The molecule has 1 aromatic heterocycles. The second-order valence-electron chi connectivity index (χ2n) is 4.83. The highest BCUT2D eigenvalue weighted by molar-refractivity contribution is 6.30. The smallest absolute Gasteiger partial charge is 0.148 e. The van der Waals surface area contributed by atoms with Crippen LogP contribution in [-0.2, 0) is 0 Å². The molecule has 3 rings (SSSR count). The van der Waals surface area contributed by atoms with Crippen molar-refractivity contribution in [2.24, 2.45) is 0 Å². The van der Waals surface area contributed by atoms with Gasteiger partial charge in [-0.1, -0.05) is 11.6 Å². The maximum Gasteiger partial charge on any atom is 0.148 e. The van der Waals surface area contributed by atoms with Crippen molar-refractivity contribution in [3.8, 4) is 5.69 Å². The molecule has 0 spiro atoms. The van der Waals surface area contributed by atoms with E-state index in [9.17, 15) is 4.39 Å². The van der Waals surface area contributed by atoms with Gasteiger partial charge in [0.1, 0.15) is 5.82 Å². The molecule has 1 aliphatic heterocycles. The number of aromatic nitrogens is 2. The van der Waals surface area contributed by atoms with Crippen LogP contribution in [0, 0.1) is 5.82 Å². The first kappa shape index (κ1) is 12.6. The molecule has 0 radical (unpaired) electrons. The van der Waals surface area contributed by atoms with E-state index in [0.717, 1.165) is 31.6 Å². The van der Waals surface area contributed by atoms with E-state index in [1.807, 2.05) is 10.8 Å². The molecule has 5 heteroatoms. The van der Waals surface area contributed by atoms with Crippen LogP contribution in [0.3, 0.4) is 0 Å². The number of piperidine rings is 1. The molecule has 0 bridgehead atoms. The summed E-state index contributed by atoms with van der Waals surface area (Å²) in [5, 5.41) is 3.77. The van der Waals surface area contributed by atoms with Crippen LogP contribution in [0.15, 0.2) is 30.7 Å². The molecule has 1 unspecified atom stereocenters. The van der Waals surface area contributed by atoms with Gasteiger partial charge in [-0.25, -0.2) is 9.37 Å². The lowest BCUT2D eigenvalue weighted by Crippen LogP contribution is -2.29. The molecule has 2 aromatic rings. The summed E-state index contributed by atoms with van der Waals surface area (Å²) in [6.07, 6.45) is 5.73. The van der Waals surface area contributed by atoms with Gasteiger partial charge in [0.15, 0.2) is 0 Å². The van der Waals surface area contributed by atoms with Gasteiger partial charge >= 0.3 is 0 Å². The Morgan fingerprint density at radius 2 is 2.32 bits per heavy atom. The molecule has 1 atom stereocenters. The molecule has 0 aliphatic carbocycles. The fourth-order valence-electron chi connectivity index (χ4n) is 2.59. The van der Waals surface area contributed by atoms with Gasteiger partial charge < -0.3 is 9.88 Å². The monoisotopic (exact) mass is 279 g/mol. The predicted molar refractivity (Wildman–Crippen MR) is 73.4 cm³/mol. The summed E-state index contributed by atoms with van der Waals surface area (Å²) in [7, 11) is 0. The van der Waals surface area contributed by atoms with E-state index in [0.29, 0.717) is 16.6 Å². The Morgan fingerprint density at radius 1 is 1.42 bits per heavy atom. The average Bonchev–Trinajstić information content (AvgIpc) is 2.89. The van der Waals surface area contributed by atoms with E-state index in [1.165, 1.54) is 6.07 Å². The number of rotatable bonds is 2. The molecule has 0 amide bonds. The summed E-state index contributed by atoms with van der Waals surface area (Å²) in [4.78, 5) is 4.17. The molecule has 1 fully saturated rings. The van der Waals surface area contributed by atoms with Crippen molar-refractivity contribution in [2.45, 2.75) is 18.8 Å². The van der Waals surface area contributed by atoms with E-state index < -0.39 is 0 Å². The van der Waals surface area contributed by atoms with Crippen molar-refractivity contribution in [3.63, 3.8) is 0 Å². The van der Waals surface area contributed by atoms with Crippen LogP contribution in [0.5, 0.6) is 0 Å². The van der Waals surface area contributed by atoms with E-state index in [2.05, 4.69) is 10.3 Å². The lowest BCUT2D eigenvalue weighted by atomic mass is 9.96. The number of halogens is 2.